The van der Waals surface area contributed by atoms with E-state index in [-0.39, 0.29) is 0 Å². The number of hydrogen-bond donors (Lipinski definition) is 1. The van der Waals surface area contributed by atoms with Gasteiger partial charge in [-0.25, -0.2) is 4.98 Å². The van der Waals surface area contributed by atoms with Gasteiger partial charge in [-0.2, -0.15) is 0 Å². The summed E-state index contributed by atoms with van der Waals surface area (Å²) in [5, 5.41) is 0. The molecule has 17 heavy (non-hydrogen) atoms. The van der Waals surface area contributed by atoms with Crippen LogP contribution >= 0.6 is 0 Å². The van der Waals surface area contributed by atoms with Gasteiger partial charge in [0.2, 0.25) is 0 Å². The van der Waals surface area contributed by atoms with Crippen LogP contribution in [0.3, 0.4) is 0 Å². The van der Waals surface area contributed by atoms with Crippen LogP contribution in [0, 0.1) is 6.92 Å². The third-order valence-corrected chi connectivity index (χ3v) is 4.44. The predicted octanol–water partition coefficient (Wildman–Crippen LogP) is 1.15. The van der Waals surface area contributed by atoms with Gasteiger partial charge < -0.3 is 10.3 Å². The fourth-order valence-corrected chi connectivity index (χ4v) is 3.54. The van der Waals surface area contributed by atoms with E-state index in [0.717, 1.165) is 31.0 Å². The van der Waals surface area contributed by atoms with Crippen molar-refractivity contribution < 1.29 is 0 Å². The Bertz CT molecular complexity index is 373. The van der Waals surface area contributed by atoms with E-state index in [1.807, 2.05) is 6.20 Å². The summed E-state index contributed by atoms with van der Waals surface area (Å²) in [6, 6.07) is 1.93. The van der Waals surface area contributed by atoms with Gasteiger partial charge in [-0.3, -0.25) is 4.90 Å². The van der Waals surface area contributed by atoms with Crippen LogP contribution in [-0.4, -0.2) is 39.1 Å². The fraction of sp³-hybridized carbons (Fsp3) is 0.769. The molecule has 2 bridgehead atoms. The van der Waals surface area contributed by atoms with Gasteiger partial charge in [0.1, 0.15) is 5.82 Å². The highest BCUT2D eigenvalue weighted by atomic mass is 15.2. The predicted molar refractivity (Wildman–Crippen MR) is 67.7 cm³/mol. The normalized spacial score (nSPS) is 33.2. The molecule has 2 saturated heterocycles. The zero-order valence-electron chi connectivity index (χ0n) is 10.5. The van der Waals surface area contributed by atoms with E-state index in [1.165, 1.54) is 25.7 Å². The lowest BCUT2D eigenvalue weighted by Gasteiger charge is -2.37. The van der Waals surface area contributed by atoms with E-state index in [1.54, 1.807) is 0 Å². The van der Waals surface area contributed by atoms with Crippen LogP contribution < -0.4 is 5.73 Å². The molecule has 0 aliphatic carbocycles. The zero-order chi connectivity index (χ0) is 11.8. The van der Waals surface area contributed by atoms with Gasteiger partial charge in [0.15, 0.2) is 0 Å². The molecule has 94 valence electrons. The highest BCUT2D eigenvalue weighted by Crippen LogP contribution is 2.34. The van der Waals surface area contributed by atoms with Gasteiger partial charge in [-0.05, 0) is 32.6 Å². The van der Waals surface area contributed by atoms with Crippen molar-refractivity contribution in [1.82, 2.24) is 14.5 Å². The Kier molecular flexibility index (Phi) is 2.92. The molecule has 3 heterocycles. The number of rotatable bonds is 3. The maximum atomic E-state index is 6.09. The Labute approximate surface area is 103 Å². The van der Waals surface area contributed by atoms with Crippen molar-refractivity contribution in [3.8, 4) is 0 Å². The van der Waals surface area contributed by atoms with Crippen molar-refractivity contribution in [3.63, 3.8) is 0 Å². The molecule has 1 aromatic rings. The first-order chi connectivity index (χ1) is 8.24. The number of aromatic nitrogens is 2. The minimum Gasteiger partial charge on any atom is -0.334 e. The van der Waals surface area contributed by atoms with E-state index in [0.29, 0.717) is 6.04 Å². The van der Waals surface area contributed by atoms with E-state index in [2.05, 4.69) is 27.6 Å². The number of imidazole rings is 1. The molecule has 0 aromatic carbocycles. The second kappa shape index (κ2) is 4.42. The van der Waals surface area contributed by atoms with Crippen LogP contribution in [0.2, 0.25) is 0 Å². The van der Waals surface area contributed by atoms with Crippen LogP contribution in [0.4, 0.5) is 0 Å². The third-order valence-electron chi connectivity index (χ3n) is 4.44. The molecule has 3 rings (SSSR count). The molecular weight excluding hydrogens is 212 g/mol. The van der Waals surface area contributed by atoms with E-state index in [4.69, 9.17) is 5.73 Å². The first kappa shape index (κ1) is 11.2. The van der Waals surface area contributed by atoms with Gasteiger partial charge in [0, 0.05) is 43.6 Å². The number of nitrogens with zero attached hydrogens (tertiary/aromatic N) is 3. The zero-order valence-corrected chi connectivity index (χ0v) is 10.5. The van der Waals surface area contributed by atoms with Gasteiger partial charge in [0.25, 0.3) is 0 Å². The van der Waals surface area contributed by atoms with Crippen LogP contribution in [0.25, 0.3) is 0 Å². The second-order valence-corrected chi connectivity index (χ2v) is 5.52. The van der Waals surface area contributed by atoms with Gasteiger partial charge in [-0.15, -0.1) is 0 Å². The Morgan fingerprint density at radius 3 is 2.59 bits per heavy atom. The van der Waals surface area contributed by atoms with E-state index in [9.17, 15) is 0 Å². The Morgan fingerprint density at radius 2 is 2.00 bits per heavy atom. The lowest BCUT2D eigenvalue weighted by Crippen LogP contribution is -2.48. The highest BCUT2D eigenvalue weighted by Gasteiger charge is 2.38. The molecular formula is C13H22N4. The minimum absolute atomic E-state index is 0.443. The van der Waals surface area contributed by atoms with Crippen LogP contribution in [0.15, 0.2) is 12.4 Å². The van der Waals surface area contributed by atoms with Crippen molar-refractivity contribution in [2.75, 3.05) is 6.54 Å². The lowest BCUT2D eigenvalue weighted by molar-refractivity contribution is 0.123. The summed E-state index contributed by atoms with van der Waals surface area (Å²) in [6.07, 6.45) is 9.05. The number of fused-ring (bicyclic) bond motifs is 2. The standard InChI is InChI=1S/C13H22N4/c1-10-15-4-5-16(10)6-7-17-12-2-3-13(17)9-11(14)8-12/h4-5,11-13H,2-3,6-9,14H2,1H3. The molecule has 0 saturated carbocycles. The molecule has 2 aliphatic rings. The summed E-state index contributed by atoms with van der Waals surface area (Å²) in [7, 11) is 0. The Hall–Kier alpha value is -0.870. The first-order valence-electron chi connectivity index (χ1n) is 6.73. The van der Waals surface area contributed by atoms with Crippen molar-refractivity contribution >= 4 is 0 Å². The monoisotopic (exact) mass is 234 g/mol. The maximum absolute atomic E-state index is 6.09. The average Bonchev–Trinajstić information content (AvgIpc) is 2.79. The van der Waals surface area contributed by atoms with E-state index < -0.39 is 0 Å². The quantitative estimate of drug-likeness (QED) is 0.853. The number of nitrogens with two attached hydrogens (primary N) is 1. The topological polar surface area (TPSA) is 47.1 Å². The third kappa shape index (κ3) is 2.11. The largest absolute Gasteiger partial charge is 0.334 e. The summed E-state index contributed by atoms with van der Waals surface area (Å²) in [5.41, 5.74) is 6.09. The average molecular weight is 234 g/mol. The second-order valence-electron chi connectivity index (χ2n) is 5.52. The number of aryl methyl sites for hydroxylation is 1. The van der Waals surface area contributed by atoms with Gasteiger partial charge >= 0.3 is 0 Å². The smallest absolute Gasteiger partial charge is 0.105 e. The minimum atomic E-state index is 0.443. The molecule has 2 aliphatic heterocycles. The molecule has 2 fully saturated rings. The molecule has 2 N–H and O–H groups in total. The molecule has 1 aromatic heterocycles. The van der Waals surface area contributed by atoms with Crippen LogP contribution in [0.1, 0.15) is 31.5 Å². The van der Waals surface area contributed by atoms with Crippen molar-refractivity contribution in [2.24, 2.45) is 5.73 Å². The van der Waals surface area contributed by atoms with Crippen LogP contribution in [0.5, 0.6) is 0 Å². The molecule has 0 amide bonds. The van der Waals surface area contributed by atoms with E-state index >= 15 is 0 Å². The van der Waals surface area contributed by atoms with Crippen molar-refractivity contribution in [2.45, 2.75) is 57.3 Å². The highest BCUT2D eigenvalue weighted by molar-refractivity contribution is 4.97. The summed E-state index contributed by atoms with van der Waals surface area (Å²) >= 11 is 0. The molecule has 4 heteroatoms. The summed E-state index contributed by atoms with van der Waals surface area (Å²) in [4.78, 5) is 6.95. The molecule has 2 unspecified atom stereocenters. The SMILES string of the molecule is Cc1nccn1CCN1C2CCC1CC(N)C2. The first-order valence-corrected chi connectivity index (χ1v) is 6.73. The molecule has 4 nitrogen and oxygen atoms in total. The summed E-state index contributed by atoms with van der Waals surface area (Å²) in [6.45, 7) is 4.29. The Balaban J connectivity index is 1.61. The fourth-order valence-electron chi connectivity index (χ4n) is 3.54. The van der Waals surface area contributed by atoms with Gasteiger partial charge in [-0.1, -0.05) is 0 Å². The van der Waals surface area contributed by atoms with Crippen LogP contribution in [-0.2, 0) is 6.54 Å². The Morgan fingerprint density at radius 1 is 1.29 bits per heavy atom. The number of piperidine rings is 1. The number of hydrogen-bond acceptors (Lipinski definition) is 3. The van der Waals surface area contributed by atoms with Gasteiger partial charge in [0.05, 0.1) is 0 Å². The maximum Gasteiger partial charge on any atom is 0.105 e. The molecule has 0 spiro atoms. The lowest BCUT2D eigenvalue weighted by atomic mass is 9.98. The summed E-state index contributed by atoms with van der Waals surface area (Å²) in [5.74, 6) is 1.12. The van der Waals surface area contributed by atoms with Crippen molar-refractivity contribution in [1.29, 1.82) is 0 Å². The molecule has 2 atom stereocenters. The van der Waals surface area contributed by atoms with Crippen molar-refractivity contribution in [3.05, 3.63) is 18.2 Å². The summed E-state index contributed by atoms with van der Waals surface area (Å²) < 4.78 is 2.24. The molecule has 0 radical (unpaired) electrons.